The zero-order valence-electron chi connectivity index (χ0n) is 11.7. The van der Waals surface area contributed by atoms with E-state index in [1.165, 1.54) is 6.20 Å². The van der Waals surface area contributed by atoms with Crippen LogP contribution < -0.4 is 5.32 Å². The number of nitrogens with zero attached hydrogens (tertiary/aromatic N) is 2. The minimum Gasteiger partial charge on any atom is -0.376 e. The Balaban J connectivity index is 2.57. The first-order chi connectivity index (χ1) is 9.71. The summed E-state index contributed by atoms with van der Waals surface area (Å²) in [5, 5.41) is 11.8. The van der Waals surface area contributed by atoms with E-state index in [0.717, 1.165) is 19.4 Å². The van der Waals surface area contributed by atoms with E-state index in [1.807, 2.05) is 6.07 Å². The first-order valence-corrected chi connectivity index (χ1v) is 6.68. The molecule has 0 aromatic heterocycles. The molecular formula is C15H21N3O2. The third-order valence-electron chi connectivity index (χ3n) is 2.92. The Morgan fingerprint density at radius 1 is 1.45 bits per heavy atom. The number of carbonyl (C=O) groups is 1. The molecule has 1 N–H and O–H groups in total. The minimum absolute atomic E-state index is 0.0661. The number of nitrogens with one attached hydrogen (secondary N) is 1. The fraction of sp³-hybridized carbons (Fsp3) is 0.467. The number of rotatable bonds is 8. The maximum Gasteiger partial charge on any atom is 0.263 e. The largest absolute Gasteiger partial charge is 0.376 e. The summed E-state index contributed by atoms with van der Waals surface area (Å²) in [6.07, 6.45) is 6.99. The van der Waals surface area contributed by atoms with E-state index >= 15 is 0 Å². The average molecular weight is 275 g/mol. The van der Waals surface area contributed by atoms with E-state index in [-0.39, 0.29) is 17.6 Å². The predicted octanol–water partition coefficient (Wildman–Crippen LogP) is 1.36. The molecule has 1 saturated heterocycles. The maximum absolute atomic E-state index is 11.9. The van der Waals surface area contributed by atoms with Crippen molar-refractivity contribution in [2.75, 3.05) is 26.2 Å². The Kier molecular flexibility index (Phi) is 7.15. The zero-order chi connectivity index (χ0) is 14.8. The quantitative estimate of drug-likeness (QED) is 0.413. The van der Waals surface area contributed by atoms with Gasteiger partial charge in [0.25, 0.3) is 5.91 Å². The smallest absolute Gasteiger partial charge is 0.263 e. The van der Waals surface area contributed by atoms with Crippen LogP contribution in [0, 0.1) is 11.3 Å². The monoisotopic (exact) mass is 275 g/mol. The fourth-order valence-corrected chi connectivity index (χ4v) is 1.94. The summed E-state index contributed by atoms with van der Waals surface area (Å²) in [6, 6.07) is 1.92. The van der Waals surface area contributed by atoms with Crippen molar-refractivity contribution in [3.05, 3.63) is 37.1 Å². The van der Waals surface area contributed by atoms with Crippen molar-refractivity contribution in [3.8, 4) is 6.07 Å². The van der Waals surface area contributed by atoms with Gasteiger partial charge in [0.2, 0.25) is 0 Å². The number of nitriles is 1. The Morgan fingerprint density at radius 2 is 2.15 bits per heavy atom. The molecule has 1 aliphatic heterocycles. The second kappa shape index (κ2) is 8.94. The highest BCUT2D eigenvalue weighted by molar-refractivity contribution is 5.97. The molecule has 1 heterocycles. The molecule has 0 saturated carbocycles. The first-order valence-electron chi connectivity index (χ1n) is 6.68. The molecule has 0 radical (unpaired) electrons. The van der Waals surface area contributed by atoms with E-state index in [0.29, 0.717) is 19.6 Å². The van der Waals surface area contributed by atoms with Crippen LogP contribution in [0.2, 0.25) is 0 Å². The Morgan fingerprint density at radius 3 is 2.65 bits per heavy atom. The molecule has 1 amide bonds. The van der Waals surface area contributed by atoms with Crippen molar-refractivity contribution >= 4 is 5.91 Å². The van der Waals surface area contributed by atoms with Gasteiger partial charge in [-0.1, -0.05) is 12.2 Å². The highest BCUT2D eigenvalue weighted by Gasteiger charge is 2.17. The molecule has 20 heavy (non-hydrogen) atoms. The highest BCUT2D eigenvalue weighted by atomic mass is 16.5. The minimum atomic E-state index is -0.374. The van der Waals surface area contributed by atoms with Crippen LogP contribution in [0.4, 0.5) is 0 Å². The normalized spacial score (nSPS) is 18.1. The molecule has 1 rings (SSSR count). The van der Waals surface area contributed by atoms with Crippen LogP contribution >= 0.6 is 0 Å². The lowest BCUT2D eigenvalue weighted by atomic mass is 10.2. The lowest BCUT2D eigenvalue weighted by molar-refractivity contribution is -0.117. The lowest BCUT2D eigenvalue weighted by Crippen LogP contribution is -2.33. The highest BCUT2D eigenvalue weighted by Crippen LogP contribution is 2.10. The topological polar surface area (TPSA) is 65.4 Å². The van der Waals surface area contributed by atoms with E-state index in [1.54, 1.807) is 17.1 Å². The van der Waals surface area contributed by atoms with Gasteiger partial charge in [-0.2, -0.15) is 5.26 Å². The molecule has 0 spiro atoms. The molecule has 108 valence electrons. The lowest BCUT2D eigenvalue weighted by Gasteiger charge is -2.17. The molecule has 5 nitrogen and oxygen atoms in total. The number of amides is 1. The molecule has 1 atom stereocenters. The van der Waals surface area contributed by atoms with Crippen molar-refractivity contribution in [1.82, 2.24) is 10.2 Å². The zero-order valence-corrected chi connectivity index (χ0v) is 11.7. The summed E-state index contributed by atoms with van der Waals surface area (Å²) in [5.41, 5.74) is 0.0756. The van der Waals surface area contributed by atoms with Gasteiger partial charge in [0.05, 0.1) is 6.10 Å². The van der Waals surface area contributed by atoms with E-state index in [9.17, 15) is 4.79 Å². The van der Waals surface area contributed by atoms with Gasteiger partial charge in [-0.3, -0.25) is 4.79 Å². The Bertz CT molecular complexity index is 407. The second-order valence-electron chi connectivity index (χ2n) is 4.53. The van der Waals surface area contributed by atoms with Crippen LogP contribution in [0.25, 0.3) is 0 Å². The summed E-state index contributed by atoms with van der Waals surface area (Å²) >= 11 is 0. The molecule has 0 aliphatic carbocycles. The number of ether oxygens (including phenoxy) is 1. The molecule has 1 aliphatic rings. The van der Waals surface area contributed by atoms with Crippen LogP contribution in [0.3, 0.4) is 0 Å². The van der Waals surface area contributed by atoms with Gasteiger partial charge in [0, 0.05) is 32.4 Å². The van der Waals surface area contributed by atoms with Crippen LogP contribution in [0.15, 0.2) is 37.1 Å². The Labute approximate surface area is 120 Å². The summed E-state index contributed by atoms with van der Waals surface area (Å²) < 4.78 is 5.42. The van der Waals surface area contributed by atoms with Crippen LogP contribution in [-0.4, -0.2) is 43.2 Å². The molecule has 0 aromatic carbocycles. The summed E-state index contributed by atoms with van der Waals surface area (Å²) in [4.78, 5) is 13.7. The molecule has 0 bridgehead atoms. The van der Waals surface area contributed by atoms with Crippen molar-refractivity contribution in [2.45, 2.75) is 18.9 Å². The van der Waals surface area contributed by atoms with Gasteiger partial charge in [-0.05, 0) is 12.8 Å². The van der Waals surface area contributed by atoms with Crippen molar-refractivity contribution < 1.29 is 9.53 Å². The van der Waals surface area contributed by atoms with Gasteiger partial charge < -0.3 is 15.0 Å². The van der Waals surface area contributed by atoms with E-state index in [4.69, 9.17) is 10.00 Å². The van der Waals surface area contributed by atoms with Crippen LogP contribution in [-0.2, 0) is 9.53 Å². The van der Waals surface area contributed by atoms with Gasteiger partial charge in [0.15, 0.2) is 0 Å². The third kappa shape index (κ3) is 5.29. The van der Waals surface area contributed by atoms with Crippen LogP contribution in [0.5, 0.6) is 0 Å². The van der Waals surface area contributed by atoms with E-state index < -0.39 is 0 Å². The molecule has 1 fully saturated rings. The first kappa shape index (κ1) is 16.0. The number of hydrogen-bond acceptors (Lipinski definition) is 4. The summed E-state index contributed by atoms with van der Waals surface area (Å²) in [5.74, 6) is -0.374. The van der Waals surface area contributed by atoms with Gasteiger partial charge in [-0.15, -0.1) is 13.2 Å². The van der Waals surface area contributed by atoms with Crippen molar-refractivity contribution in [2.24, 2.45) is 0 Å². The fourth-order valence-electron chi connectivity index (χ4n) is 1.94. The molecule has 5 heteroatoms. The molecular weight excluding hydrogens is 254 g/mol. The van der Waals surface area contributed by atoms with Crippen molar-refractivity contribution in [1.29, 1.82) is 5.26 Å². The number of carbonyl (C=O) groups excluding carboxylic acids is 1. The Hall–Kier alpha value is -2.06. The molecule has 1 unspecified atom stereocenters. The summed E-state index contributed by atoms with van der Waals surface area (Å²) in [7, 11) is 0. The van der Waals surface area contributed by atoms with Gasteiger partial charge >= 0.3 is 0 Å². The van der Waals surface area contributed by atoms with Gasteiger partial charge in [-0.25, -0.2) is 0 Å². The molecule has 0 aromatic rings. The predicted molar refractivity (Wildman–Crippen MR) is 77.6 cm³/mol. The second-order valence-corrected chi connectivity index (χ2v) is 4.53. The van der Waals surface area contributed by atoms with Gasteiger partial charge in [0.1, 0.15) is 11.6 Å². The third-order valence-corrected chi connectivity index (χ3v) is 2.92. The SMILES string of the molecule is C=CCN(/C=C(/C#N)C(=O)NCC1CCCO1)CC=C. The van der Waals surface area contributed by atoms with Crippen LogP contribution in [0.1, 0.15) is 12.8 Å². The summed E-state index contributed by atoms with van der Waals surface area (Å²) in [6.45, 7) is 9.58. The maximum atomic E-state index is 11.9. The van der Waals surface area contributed by atoms with Crippen molar-refractivity contribution in [3.63, 3.8) is 0 Å². The number of hydrogen-bond donors (Lipinski definition) is 1. The van der Waals surface area contributed by atoms with E-state index in [2.05, 4.69) is 18.5 Å². The average Bonchev–Trinajstić information content (AvgIpc) is 2.95. The standard InChI is InChI=1S/C15H21N3O2/c1-3-7-18(8-4-2)12-13(10-16)15(19)17-11-14-6-5-9-20-14/h3-4,12,14H,1-2,5-9,11H2,(H,17,19)/b13-12-.